The maximum atomic E-state index is 12.7. The molecule has 0 fully saturated rings. The van der Waals surface area contributed by atoms with Crippen molar-refractivity contribution in [2.75, 3.05) is 5.32 Å². The zero-order valence-electron chi connectivity index (χ0n) is 17.0. The first-order valence-corrected chi connectivity index (χ1v) is 11.1. The molecule has 0 heterocycles. The topological polar surface area (TPSA) is 111 Å². The van der Waals surface area contributed by atoms with Crippen LogP contribution in [0.2, 0.25) is 0 Å². The monoisotopic (exact) mass is 447 g/mol. The van der Waals surface area contributed by atoms with Crippen LogP contribution in [0.15, 0.2) is 102 Å². The lowest BCUT2D eigenvalue weighted by atomic mass is 10.1. The summed E-state index contributed by atoms with van der Waals surface area (Å²) in [6.45, 7) is 0.957. The van der Waals surface area contributed by atoms with E-state index >= 15 is 0 Å². The first-order chi connectivity index (χ1) is 15.3. The largest absolute Gasteiger partial charge is 0.367 e. The van der Waals surface area contributed by atoms with Gasteiger partial charge >= 0.3 is 0 Å². The molecule has 0 aliphatic heterocycles. The third kappa shape index (κ3) is 6.54. The second-order valence-electron chi connectivity index (χ2n) is 6.99. The highest BCUT2D eigenvalue weighted by molar-refractivity contribution is 7.85. The molecule has 0 atom stereocenters. The molecule has 8 heteroatoms. The van der Waals surface area contributed by atoms with Crippen LogP contribution in [-0.2, 0) is 28.0 Å². The minimum atomic E-state index is -4.41. The molecule has 3 rings (SSSR count). The van der Waals surface area contributed by atoms with Gasteiger partial charge in [-0.1, -0.05) is 66.7 Å². The molecule has 1 amide bonds. The molecule has 0 bridgehead atoms. The van der Waals surface area contributed by atoms with Crippen molar-refractivity contribution < 1.29 is 17.8 Å². The minimum Gasteiger partial charge on any atom is -0.367 e. The number of carbonyl (C=O) groups excluding carboxylic acids is 1. The van der Waals surface area contributed by atoms with Crippen LogP contribution in [0.1, 0.15) is 11.1 Å². The Morgan fingerprint density at radius 1 is 0.938 bits per heavy atom. The fourth-order valence-electron chi connectivity index (χ4n) is 3.04. The fraction of sp³-hybridized carbons (Fsp3) is 0.0833. The molecule has 0 aliphatic rings. The van der Waals surface area contributed by atoms with E-state index in [0.717, 1.165) is 17.2 Å². The van der Waals surface area contributed by atoms with Gasteiger partial charge in [0.2, 0.25) is 0 Å². The van der Waals surface area contributed by atoms with Gasteiger partial charge in [-0.05, 0) is 29.3 Å². The lowest BCUT2D eigenvalue weighted by molar-refractivity contribution is -0.112. The maximum absolute atomic E-state index is 12.7. The predicted molar refractivity (Wildman–Crippen MR) is 121 cm³/mol. The van der Waals surface area contributed by atoms with E-state index in [1.807, 2.05) is 71.6 Å². The van der Waals surface area contributed by atoms with E-state index in [9.17, 15) is 23.0 Å². The van der Waals surface area contributed by atoms with Crippen LogP contribution < -0.4 is 5.32 Å². The van der Waals surface area contributed by atoms with Gasteiger partial charge in [-0.15, -0.1) is 0 Å². The summed E-state index contributed by atoms with van der Waals surface area (Å²) in [5, 5.41) is 12.1. The normalized spacial score (nSPS) is 11.4. The number of nitrogens with zero attached hydrogens (tertiary/aromatic N) is 2. The summed E-state index contributed by atoms with van der Waals surface area (Å²) in [6.07, 6.45) is 1.49. The molecule has 0 aromatic heterocycles. The number of nitrogens with one attached hydrogen (secondary N) is 1. The molecule has 3 aromatic carbocycles. The average molecular weight is 448 g/mol. The number of nitriles is 1. The van der Waals surface area contributed by atoms with Gasteiger partial charge in [0.1, 0.15) is 11.6 Å². The summed E-state index contributed by atoms with van der Waals surface area (Å²) in [7, 11) is -4.41. The summed E-state index contributed by atoms with van der Waals surface area (Å²) >= 11 is 0. The Labute approximate surface area is 187 Å². The first-order valence-electron chi connectivity index (χ1n) is 9.68. The molecule has 32 heavy (non-hydrogen) atoms. The van der Waals surface area contributed by atoms with Crippen molar-refractivity contribution in [3.63, 3.8) is 0 Å². The van der Waals surface area contributed by atoms with Crippen LogP contribution in [0.25, 0.3) is 0 Å². The molecule has 0 saturated carbocycles. The molecule has 7 nitrogen and oxygen atoms in total. The summed E-state index contributed by atoms with van der Waals surface area (Å²) in [6, 6.07) is 26.4. The molecular formula is C24H21N3O4S. The molecule has 0 unspecified atom stereocenters. The van der Waals surface area contributed by atoms with Gasteiger partial charge in [-0.2, -0.15) is 13.7 Å². The first kappa shape index (κ1) is 22.7. The molecule has 0 spiro atoms. The SMILES string of the molecule is N#C/C(=C/N(Cc1ccccc1)Cc1ccccc1)C(=O)Nc1cccc(S(=O)(=O)O)c1. The van der Waals surface area contributed by atoms with E-state index in [4.69, 9.17) is 0 Å². The lowest BCUT2D eigenvalue weighted by Crippen LogP contribution is -2.21. The predicted octanol–water partition coefficient (Wildman–Crippen LogP) is 3.98. The summed E-state index contributed by atoms with van der Waals surface area (Å²) in [4.78, 5) is 14.2. The Hall–Kier alpha value is -3.93. The standard InChI is InChI=1S/C24H21N3O4S/c25-15-21(24(28)26-22-12-7-13-23(14-22)32(29,30)31)18-27(16-19-8-3-1-4-9-19)17-20-10-5-2-6-11-20/h1-14,18H,16-17H2,(H,26,28)(H,29,30,31)/b21-18-. The summed E-state index contributed by atoms with van der Waals surface area (Å²) in [5.74, 6) is -0.689. The molecule has 2 N–H and O–H groups in total. The molecule has 0 saturated heterocycles. The average Bonchev–Trinajstić information content (AvgIpc) is 2.78. The summed E-state index contributed by atoms with van der Waals surface area (Å²) < 4.78 is 31.8. The number of hydrogen-bond acceptors (Lipinski definition) is 5. The number of benzene rings is 3. The van der Waals surface area contributed by atoms with E-state index in [-0.39, 0.29) is 16.2 Å². The number of anilines is 1. The van der Waals surface area contributed by atoms with Crippen molar-refractivity contribution in [2.45, 2.75) is 18.0 Å². The van der Waals surface area contributed by atoms with Crippen LogP contribution in [-0.4, -0.2) is 23.8 Å². The van der Waals surface area contributed by atoms with Gasteiger partial charge in [0.15, 0.2) is 0 Å². The Balaban J connectivity index is 1.85. The van der Waals surface area contributed by atoms with E-state index in [1.54, 1.807) is 0 Å². The van der Waals surface area contributed by atoms with Crippen LogP contribution in [0.4, 0.5) is 5.69 Å². The number of carbonyl (C=O) groups is 1. The van der Waals surface area contributed by atoms with Gasteiger partial charge in [-0.25, -0.2) is 0 Å². The Kier molecular flexibility index (Phi) is 7.39. The van der Waals surface area contributed by atoms with Crippen molar-refractivity contribution in [1.82, 2.24) is 4.90 Å². The van der Waals surface area contributed by atoms with Crippen molar-refractivity contribution in [2.24, 2.45) is 0 Å². The van der Waals surface area contributed by atoms with E-state index in [0.29, 0.717) is 13.1 Å². The lowest BCUT2D eigenvalue weighted by Gasteiger charge is -2.21. The zero-order valence-corrected chi connectivity index (χ0v) is 17.9. The van der Waals surface area contributed by atoms with E-state index < -0.39 is 16.0 Å². The molecule has 0 aliphatic carbocycles. The van der Waals surface area contributed by atoms with Gasteiger partial charge < -0.3 is 10.2 Å². The molecule has 162 valence electrons. The number of amides is 1. The highest BCUT2D eigenvalue weighted by Gasteiger charge is 2.15. The van der Waals surface area contributed by atoms with Crippen molar-refractivity contribution >= 4 is 21.7 Å². The Morgan fingerprint density at radius 3 is 2.00 bits per heavy atom. The molecule has 0 radical (unpaired) electrons. The van der Waals surface area contributed by atoms with Crippen LogP contribution in [0.5, 0.6) is 0 Å². The number of rotatable bonds is 8. The van der Waals surface area contributed by atoms with Gasteiger partial charge in [0.05, 0.1) is 4.90 Å². The van der Waals surface area contributed by atoms with E-state index in [2.05, 4.69) is 5.32 Å². The Morgan fingerprint density at radius 2 is 1.50 bits per heavy atom. The van der Waals surface area contributed by atoms with Crippen molar-refractivity contribution in [3.8, 4) is 6.07 Å². The molecule has 3 aromatic rings. The smallest absolute Gasteiger partial charge is 0.294 e. The van der Waals surface area contributed by atoms with Gasteiger partial charge in [0.25, 0.3) is 16.0 Å². The molecular weight excluding hydrogens is 426 g/mol. The zero-order chi connectivity index (χ0) is 23.0. The van der Waals surface area contributed by atoms with Crippen LogP contribution >= 0.6 is 0 Å². The quantitative estimate of drug-likeness (QED) is 0.307. The van der Waals surface area contributed by atoms with Crippen molar-refractivity contribution in [3.05, 3.63) is 108 Å². The van der Waals surface area contributed by atoms with Crippen molar-refractivity contribution in [1.29, 1.82) is 5.26 Å². The van der Waals surface area contributed by atoms with Gasteiger partial charge in [-0.3, -0.25) is 9.35 Å². The highest BCUT2D eigenvalue weighted by Crippen LogP contribution is 2.17. The van der Waals surface area contributed by atoms with Crippen LogP contribution in [0.3, 0.4) is 0 Å². The Bertz CT molecular complexity index is 1210. The fourth-order valence-corrected chi connectivity index (χ4v) is 3.56. The van der Waals surface area contributed by atoms with Crippen LogP contribution in [0, 0.1) is 11.3 Å². The second kappa shape index (κ2) is 10.4. The summed E-state index contributed by atoms with van der Waals surface area (Å²) in [5.41, 5.74) is 2.02. The second-order valence-corrected chi connectivity index (χ2v) is 8.41. The third-order valence-corrected chi connectivity index (χ3v) is 5.37. The number of hydrogen-bond donors (Lipinski definition) is 2. The third-order valence-electron chi connectivity index (χ3n) is 4.52. The highest BCUT2D eigenvalue weighted by atomic mass is 32.2. The van der Waals surface area contributed by atoms with Gasteiger partial charge in [0, 0.05) is 25.0 Å². The minimum absolute atomic E-state index is 0.143. The van der Waals surface area contributed by atoms with E-state index in [1.165, 1.54) is 24.4 Å². The maximum Gasteiger partial charge on any atom is 0.294 e.